The van der Waals surface area contributed by atoms with E-state index in [0.29, 0.717) is 11.5 Å². The van der Waals surface area contributed by atoms with Crippen LogP contribution in [-0.2, 0) is 16.2 Å². The Kier molecular flexibility index (Phi) is 7.40. The van der Waals surface area contributed by atoms with Gasteiger partial charge < -0.3 is 24.4 Å². The van der Waals surface area contributed by atoms with E-state index < -0.39 is 11.9 Å². The molecule has 0 aliphatic heterocycles. The van der Waals surface area contributed by atoms with Gasteiger partial charge in [-0.05, 0) is 42.1 Å². The molecule has 0 radical (unpaired) electrons. The van der Waals surface area contributed by atoms with Crippen molar-refractivity contribution >= 4 is 34.6 Å². The van der Waals surface area contributed by atoms with Gasteiger partial charge in [0.15, 0.2) is 6.61 Å². The van der Waals surface area contributed by atoms with Gasteiger partial charge in [-0.3, -0.25) is 4.79 Å². The lowest BCUT2D eigenvalue weighted by Crippen LogP contribution is -2.36. The van der Waals surface area contributed by atoms with Gasteiger partial charge in [-0.1, -0.05) is 41.6 Å². The summed E-state index contributed by atoms with van der Waals surface area (Å²) in [6.07, 6.45) is 0. The number of carbonyl (C=O) groups is 2. The highest BCUT2D eigenvalue weighted by Gasteiger charge is 2.20. The second-order valence-corrected chi connectivity index (χ2v) is 7.51. The molecule has 160 valence electrons. The fourth-order valence-corrected chi connectivity index (χ4v) is 3.56. The van der Waals surface area contributed by atoms with Gasteiger partial charge in [-0.25, -0.2) is 0 Å². The number of thiophene rings is 1. The van der Waals surface area contributed by atoms with E-state index in [0.717, 1.165) is 10.4 Å². The van der Waals surface area contributed by atoms with Crippen molar-refractivity contribution in [2.45, 2.75) is 13.5 Å². The fourth-order valence-electron chi connectivity index (χ4n) is 2.89. The Morgan fingerprint density at radius 2 is 1.81 bits per heavy atom. The third-order valence-electron chi connectivity index (χ3n) is 4.48. The van der Waals surface area contributed by atoms with Crippen LogP contribution in [0.25, 0.3) is 0 Å². The van der Waals surface area contributed by atoms with Crippen molar-refractivity contribution in [1.82, 2.24) is 0 Å². The molecule has 0 unspecified atom stereocenters. The topological polar surface area (TPSA) is 91.3 Å². The van der Waals surface area contributed by atoms with Crippen LogP contribution in [0.15, 0.2) is 71.2 Å². The first kappa shape index (κ1) is 22.0. The molecule has 1 aromatic heterocycles. The predicted molar refractivity (Wildman–Crippen MR) is 117 cm³/mol. The third-order valence-corrected chi connectivity index (χ3v) is 5.46. The zero-order chi connectivity index (χ0) is 22.2. The Labute approximate surface area is 184 Å². The summed E-state index contributed by atoms with van der Waals surface area (Å²) in [6, 6.07) is 17.2. The van der Waals surface area contributed by atoms with Crippen LogP contribution in [0, 0.1) is 0 Å². The van der Waals surface area contributed by atoms with Gasteiger partial charge >= 0.3 is 0 Å². The number of para-hydroxylation sites is 1. The number of anilines is 1. The molecule has 3 rings (SSSR count). The molecule has 31 heavy (non-hydrogen) atoms. The highest BCUT2D eigenvalue weighted by molar-refractivity contribution is 7.12. The number of nitrogens with zero attached hydrogens (tertiary/aromatic N) is 2. The molecule has 0 saturated carbocycles. The number of carbonyl (C=O) groups excluding carboxylic acids is 2. The van der Waals surface area contributed by atoms with Crippen molar-refractivity contribution in [3.05, 3.63) is 82.0 Å². The summed E-state index contributed by atoms with van der Waals surface area (Å²) < 4.78 is 5.16. The minimum Gasteiger partial charge on any atom is -0.545 e. The summed E-state index contributed by atoms with van der Waals surface area (Å²) in [6.45, 7) is 1.58. The van der Waals surface area contributed by atoms with E-state index in [9.17, 15) is 14.7 Å². The van der Waals surface area contributed by atoms with E-state index in [2.05, 4.69) is 5.16 Å². The van der Waals surface area contributed by atoms with Crippen LogP contribution in [0.5, 0.6) is 5.75 Å². The molecule has 2 aromatic carbocycles. The third kappa shape index (κ3) is 5.70. The summed E-state index contributed by atoms with van der Waals surface area (Å²) >= 11 is 1.51. The molecule has 0 fully saturated rings. The van der Waals surface area contributed by atoms with Crippen molar-refractivity contribution in [3.63, 3.8) is 0 Å². The van der Waals surface area contributed by atoms with Crippen LogP contribution in [0.3, 0.4) is 0 Å². The normalized spacial score (nSPS) is 11.1. The molecule has 8 heteroatoms. The molecule has 0 aliphatic rings. The average Bonchev–Trinajstić information content (AvgIpc) is 3.33. The van der Waals surface area contributed by atoms with Crippen LogP contribution in [0.4, 0.5) is 5.69 Å². The lowest BCUT2D eigenvalue weighted by molar-refractivity contribution is -0.254. The monoisotopic (exact) mass is 437 g/mol. The highest BCUT2D eigenvalue weighted by Crippen LogP contribution is 2.23. The summed E-state index contributed by atoms with van der Waals surface area (Å²) in [5.74, 6) is -1.12. The van der Waals surface area contributed by atoms with E-state index in [1.807, 2.05) is 17.5 Å². The number of aromatic carboxylic acids is 1. The maximum absolute atomic E-state index is 13.0. The molecular weight excluding hydrogens is 416 g/mol. The van der Waals surface area contributed by atoms with Crippen molar-refractivity contribution in [2.24, 2.45) is 5.16 Å². The Hall–Kier alpha value is -3.65. The average molecular weight is 437 g/mol. The van der Waals surface area contributed by atoms with Crippen LogP contribution in [0.1, 0.15) is 27.7 Å². The second-order valence-electron chi connectivity index (χ2n) is 6.56. The van der Waals surface area contributed by atoms with Gasteiger partial charge in [0, 0.05) is 5.56 Å². The van der Waals surface area contributed by atoms with E-state index in [4.69, 9.17) is 9.57 Å². The summed E-state index contributed by atoms with van der Waals surface area (Å²) in [4.78, 5) is 32.2. The van der Waals surface area contributed by atoms with E-state index in [-0.39, 0.29) is 24.4 Å². The molecule has 0 saturated heterocycles. The SMILES string of the molecule is COc1ccc(CN(C(=O)CO/N=C(/C)c2cccs2)c2ccccc2C(=O)[O-])cc1. The minimum atomic E-state index is -1.37. The number of hydrogen-bond donors (Lipinski definition) is 0. The van der Waals surface area contributed by atoms with Gasteiger partial charge in [-0.2, -0.15) is 0 Å². The number of amides is 1. The summed E-state index contributed by atoms with van der Waals surface area (Å²) in [5, 5.41) is 17.5. The molecule has 0 bridgehead atoms. The lowest BCUT2D eigenvalue weighted by Gasteiger charge is -2.25. The molecular formula is C23H21N2O5S-. The van der Waals surface area contributed by atoms with Crippen molar-refractivity contribution < 1.29 is 24.3 Å². The highest BCUT2D eigenvalue weighted by atomic mass is 32.1. The number of carboxylic acids is 1. The number of oxime groups is 1. The molecule has 0 spiro atoms. The number of hydrogen-bond acceptors (Lipinski definition) is 7. The number of benzene rings is 2. The van der Waals surface area contributed by atoms with Crippen LogP contribution < -0.4 is 14.7 Å². The fraction of sp³-hybridized carbons (Fsp3) is 0.174. The zero-order valence-electron chi connectivity index (χ0n) is 17.1. The molecule has 3 aromatic rings. The molecule has 0 N–H and O–H groups in total. The molecule has 0 aliphatic carbocycles. The Balaban J connectivity index is 1.83. The van der Waals surface area contributed by atoms with Gasteiger partial charge in [-0.15, -0.1) is 11.3 Å². The Bertz CT molecular complexity index is 1060. The zero-order valence-corrected chi connectivity index (χ0v) is 17.9. The van der Waals surface area contributed by atoms with Crippen LogP contribution in [-0.4, -0.2) is 31.3 Å². The quantitative estimate of drug-likeness (QED) is 0.379. The van der Waals surface area contributed by atoms with E-state index >= 15 is 0 Å². The van der Waals surface area contributed by atoms with Gasteiger partial charge in [0.25, 0.3) is 5.91 Å². The summed E-state index contributed by atoms with van der Waals surface area (Å²) in [5.41, 5.74) is 1.59. The van der Waals surface area contributed by atoms with Crippen molar-refractivity contribution in [3.8, 4) is 5.75 Å². The first-order valence-corrected chi connectivity index (χ1v) is 10.3. The van der Waals surface area contributed by atoms with Crippen LogP contribution in [0.2, 0.25) is 0 Å². The molecule has 1 heterocycles. The number of methoxy groups -OCH3 is 1. The number of rotatable bonds is 9. The summed E-state index contributed by atoms with van der Waals surface area (Å²) in [7, 11) is 1.57. The smallest absolute Gasteiger partial charge is 0.268 e. The molecule has 7 nitrogen and oxygen atoms in total. The van der Waals surface area contributed by atoms with E-state index in [1.54, 1.807) is 56.5 Å². The first-order chi connectivity index (χ1) is 15.0. The van der Waals surface area contributed by atoms with Gasteiger partial charge in [0.1, 0.15) is 5.75 Å². The van der Waals surface area contributed by atoms with Crippen molar-refractivity contribution in [1.29, 1.82) is 0 Å². The first-order valence-electron chi connectivity index (χ1n) is 9.43. The standard InChI is InChI=1S/C23H22N2O5S/c1-16(21-8-5-13-31-21)24-30-15-22(26)25(14-17-9-11-18(29-2)12-10-17)20-7-4-3-6-19(20)23(27)28/h3-13H,14-15H2,1-2H3,(H,27,28)/p-1/b24-16-. The number of carboxylic acid groups (broad SMARTS) is 1. The Morgan fingerprint density at radius 3 is 2.45 bits per heavy atom. The maximum atomic E-state index is 13.0. The van der Waals surface area contributed by atoms with Gasteiger partial charge in [0.2, 0.25) is 0 Å². The Morgan fingerprint density at radius 1 is 1.06 bits per heavy atom. The maximum Gasteiger partial charge on any atom is 0.268 e. The minimum absolute atomic E-state index is 0.0809. The van der Waals surface area contributed by atoms with Crippen molar-refractivity contribution in [2.75, 3.05) is 18.6 Å². The predicted octanol–water partition coefficient (Wildman–Crippen LogP) is 3.09. The second kappa shape index (κ2) is 10.4. The molecule has 1 amide bonds. The van der Waals surface area contributed by atoms with Crippen LogP contribution >= 0.6 is 11.3 Å². The largest absolute Gasteiger partial charge is 0.545 e. The van der Waals surface area contributed by atoms with Gasteiger partial charge in [0.05, 0.1) is 35.9 Å². The van der Waals surface area contributed by atoms with E-state index in [1.165, 1.54) is 22.3 Å². The number of ether oxygens (including phenoxy) is 1. The molecule has 0 atom stereocenters. The lowest BCUT2D eigenvalue weighted by atomic mass is 10.1.